The SMILES string of the molecule is C[C@@H]1CN(C)[C@H]2C(=O)[C@@H]1CC[C@H]2C. The summed E-state index contributed by atoms with van der Waals surface area (Å²) in [6.45, 7) is 5.53. The van der Waals surface area contributed by atoms with Crippen LogP contribution in [-0.2, 0) is 4.79 Å². The van der Waals surface area contributed by atoms with Gasteiger partial charge in [0.15, 0.2) is 5.78 Å². The van der Waals surface area contributed by atoms with Gasteiger partial charge in [0.05, 0.1) is 6.04 Å². The van der Waals surface area contributed by atoms with E-state index in [4.69, 9.17) is 0 Å². The standard InChI is InChI=1S/C11H19NO/c1-7-4-5-9-8(2)6-12(3)10(7)11(9)13/h7-10H,4-6H2,1-3H3/t7-,8-,9-,10-/m1/s1. The van der Waals surface area contributed by atoms with E-state index in [1.165, 1.54) is 6.42 Å². The fourth-order valence-electron chi connectivity index (χ4n) is 3.15. The fraction of sp³-hybridized carbons (Fsp3) is 0.909. The van der Waals surface area contributed by atoms with Crippen molar-refractivity contribution in [3.8, 4) is 0 Å². The van der Waals surface area contributed by atoms with Crippen molar-refractivity contribution < 1.29 is 4.79 Å². The number of likely N-dealkylation sites (tertiary alicyclic amines) is 1. The number of rotatable bonds is 0. The van der Waals surface area contributed by atoms with E-state index in [1.807, 2.05) is 0 Å². The molecular formula is C11H19NO. The average molecular weight is 181 g/mol. The lowest BCUT2D eigenvalue weighted by Crippen LogP contribution is -2.56. The molecule has 2 fully saturated rings. The molecule has 0 radical (unpaired) electrons. The van der Waals surface area contributed by atoms with Crippen LogP contribution in [-0.4, -0.2) is 30.3 Å². The van der Waals surface area contributed by atoms with Crippen molar-refractivity contribution in [1.29, 1.82) is 0 Å². The first kappa shape index (κ1) is 9.20. The minimum atomic E-state index is 0.231. The Morgan fingerprint density at radius 2 is 1.92 bits per heavy atom. The molecule has 0 amide bonds. The van der Waals surface area contributed by atoms with Crippen molar-refractivity contribution in [2.45, 2.75) is 32.7 Å². The molecule has 2 heteroatoms. The molecule has 1 aliphatic heterocycles. The third-order valence-electron chi connectivity index (χ3n) is 3.87. The van der Waals surface area contributed by atoms with Crippen LogP contribution in [0.1, 0.15) is 26.7 Å². The number of nitrogens with zero attached hydrogens (tertiary/aromatic N) is 1. The maximum Gasteiger partial charge on any atom is 0.153 e. The molecule has 1 aliphatic carbocycles. The molecule has 1 saturated heterocycles. The maximum atomic E-state index is 12.0. The predicted octanol–water partition coefficient (Wildman–Crippen LogP) is 1.55. The molecule has 13 heavy (non-hydrogen) atoms. The number of fused-ring (bicyclic) bond motifs is 2. The lowest BCUT2D eigenvalue weighted by Gasteiger charge is -2.46. The van der Waals surface area contributed by atoms with Crippen LogP contribution in [0.25, 0.3) is 0 Å². The van der Waals surface area contributed by atoms with Crippen molar-refractivity contribution in [1.82, 2.24) is 4.90 Å². The molecule has 74 valence electrons. The number of hydrogen-bond acceptors (Lipinski definition) is 2. The molecule has 2 nitrogen and oxygen atoms in total. The van der Waals surface area contributed by atoms with Gasteiger partial charge in [-0.25, -0.2) is 0 Å². The summed E-state index contributed by atoms with van der Waals surface area (Å²) in [4.78, 5) is 14.3. The van der Waals surface area contributed by atoms with Crippen LogP contribution in [0.3, 0.4) is 0 Å². The molecule has 2 aliphatic rings. The van der Waals surface area contributed by atoms with Crippen LogP contribution in [0.2, 0.25) is 0 Å². The molecule has 0 spiro atoms. The van der Waals surface area contributed by atoms with Gasteiger partial charge in [-0.3, -0.25) is 9.69 Å². The van der Waals surface area contributed by atoms with Crippen molar-refractivity contribution in [2.75, 3.05) is 13.6 Å². The maximum absolute atomic E-state index is 12.0. The molecule has 2 bridgehead atoms. The molecule has 0 aromatic carbocycles. The summed E-state index contributed by atoms with van der Waals surface area (Å²) < 4.78 is 0. The summed E-state index contributed by atoms with van der Waals surface area (Å²) in [5.74, 6) is 2.03. The van der Waals surface area contributed by atoms with Gasteiger partial charge in [-0.2, -0.15) is 0 Å². The van der Waals surface area contributed by atoms with Crippen LogP contribution in [0, 0.1) is 17.8 Å². The normalized spacial score (nSPS) is 46.5. The topological polar surface area (TPSA) is 20.3 Å². The average Bonchev–Trinajstić information content (AvgIpc) is 2.01. The second-order valence-electron chi connectivity index (χ2n) is 4.93. The van der Waals surface area contributed by atoms with Crippen LogP contribution < -0.4 is 0 Å². The van der Waals surface area contributed by atoms with Gasteiger partial charge in [-0.05, 0) is 31.7 Å². The summed E-state index contributed by atoms with van der Waals surface area (Å²) in [5.41, 5.74) is 0. The Hall–Kier alpha value is -0.370. The first-order valence-corrected chi connectivity index (χ1v) is 5.35. The highest BCUT2D eigenvalue weighted by Gasteiger charge is 2.44. The number of Topliss-reactive ketones (excluding diaryl/α,β-unsaturated/α-hetero) is 1. The van der Waals surface area contributed by atoms with Crippen molar-refractivity contribution in [3.63, 3.8) is 0 Å². The first-order chi connectivity index (χ1) is 6.11. The zero-order valence-electron chi connectivity index (χ0n) is 8.79. The van der Waals surface area contributed by atoms with Crippen molar-refractivity contribution in [3.05, 3.63) is 0 Å². The number of carbonyl (C=O) groups is 1. The van der Waals surface area contributed by atoms with E-state index in [9.17, 15) is 4.79 Å². The first-order valence-electron chi connectivity index (χ1n) is 5.35. The van der Waals surface area contributed by atoms with Crippen LogP contribution in [0.5, 0.6) is 0 Å². The second kappa shape index (κ2) is 3.09. The zero-order valence-corrected chi connectivity index (χ0v) is 8.79. The lowest BCUT2D eigenvalue weighted by atomic mass is 9.69. The number of piperidine rings is 1. The van der Waals surface area contributed by atoms with Crippen LogP contribution in [0.4, 0.5) is 0 Å². The summed E-state index contributed by atoms with van der Waals surface area (Å²) >= 11 is 0. The summed E-state index contributed by atoms with van der Waals surface area (Å²) in [7, 11) is 2.09. The van der Waals surface area contributed by atoms with Gasteiger partial charge in [-0.15, -0.1) is 0 Å². The van der Waals surface area contributed by atoms with Gasteiger partial charge in [0.25, 0.3) is 0 Å². The molecular weight excluding hydrogens is 162 g/mol. The Morgan fingerprint density at radius 1 is 1.23 bits per heavy atom. The molecule has 0 aromatic heterocycles. The van der Waals surface area contributed by atoms with E-state index in [0.717, 1.165) is 13.0 Å². The molecule has 4 atom stereocenters. The number of ketones is 1. The van der Waals surface area contributed by atoms with E-state index in [1.54, 1.807) is 0 Å². The van der Waals surface area contributed by atoms with E-state index >= 15 is 0 Å². The van der Waals surface area contributed by atoms with Crippen LogP contribution >= 0.6 is 0 Å². The highest BCUT2D eigenvalue weighted by molar-refractivity contribution is 5.88. The summed E-state index contributed by atoms with van der Waals surface area (Å²) in [5, 5.41) is 0. The van der Waals surface area contributed by atoms with E-state index < -0.39 is 0 Å². The minimum absolute atomic E-state index is 0.231. The molecule has 1 heterocycles. The van der Waals surface area contributed by atoms with E-state index in [0.29, 0.717) is 23.5 Å². The molecule has 0 unspecified atom stereocenters. The number of carbonyl (C=O) groups excluding carboxylic acids is 1. The van der Waals surface area contributed by atoms with Gasteiger partial charge < -0.3 is 0 Å². The monoisotopic (exact) mass is 181 g/mol. The second-order valence-corrected chi connectivity index (χ2v) is 4.93. The molecule has 1 saturated carbocycles. The Balaban J connectivity index is 2.24. The number of hydrogen-bond donors (Lipinski definition) is 0. The van der Waals surface area contributed by atoms with Gasteiger partial charge in [0.2, 0.25) is 0 Å². The van der Waals surface area contributed by atoms with Gasteiger partial charge in [-0.1, -0.05) is 13.8 Å². The van der Waals surface area contributed by atoms with Gasteiger partial charge in [0, 0.05) is 12.5 Å². The molecule has 0 aromatic rings. The summed E-state index contributed by atoms with van der Waals surface area (Å²) in [6.07, 6.45) is 2.36. The van der Waals surface area contributed by atoms with Gasteiger partial charge >= 0.3 is 0 Å². The Labute approximate surface area is 80.3 Å². The smallest absolute Gasteiger partial charge is 0.153 e. The van der Waals surface area contributed by atoms with Crippen molar-refractivity contribution >= 4 is 5.78 Å². The summed E-state index contributed by atoms with van der Waals surface area (Å²) in [6, 6.07) is 0.231. The zero-order chi connectivity index (χ0) is 9.59. The Kier molecular flexibility index (Phi) is 2.18. The highest BCUT2D eigenvalue weighted by Crippen LogP contribution is 2.37. The van der Waals surface area contributed by atoms with E-state index in [-0.39, 0.29) is 6.04 Å². The Bertz CT molecular complexity index is 226. The largest absolute Gasteiger partial charge is 0.298 e. The van der Waals surface area contributed by atoms with Gasteiger partial charge in [0.1, 0.15) is 0 Å². The quantitative estimate of drug-likeness (QED) is 0.565. The predicted molar refractivity (Wildman–Crippen MR) is 52.5 cm³/mol. The molecule has 0 N–H and O–H groups in total. The Morgan fingerprint density at radius 3 is 2.62 bits per heavy atom. The number of likely N-dealkylation sites (N-methyl/N-ethyl adjacent to an activating group) is 1. The minimum Gasteiger partial charge on any atom is -0.298 e. The third kappa shape index (κ3) is 1.32. The molecule has 2 rings (SSSR count). The third-order valence-corrected chi connectivity index (χ3v) is 3.87. The van der Waals surface area contributed by atoms with E-state index in [2.05, 4.69) is 25.8 Å². The fourth-order valence-corrected chi connectivity index (χ4v) is 3.15. The highest BCUT2D eigenvalue weighted by atomic mass is 16.1. The van der Waals surface area contributed by atoms with Crippen LogP contribution in [0.15, 0.2) is 0 Å². The lowest BCUT2D eigenvalue weighted by molar-refractivity contribution is -0.140. The van der Waals surface area contributed by atoms with Crippen molar-refractivity contribution in [2.24, 2.45) is 17.8 Å².